The number of benzene rings is 2. The van der Waals surface area contributed by atoms with Gasteiger partial charge in [0.2, 0.25) is 0 Å². The van der Waals surface area contributed by atoms with Crippen molar-refractivity contribution in [2.75, 3.05) is 18.1 Å². The third-order valence-electron chi connectivity index (χ3n) is 5.35. The molecule has 5 rings (SSSR count). The molecule has 2 aromatic heterocycles. The number of amides is 1. The highest BCUT2D eigenvalue weighted by Gasteiger charge is 2.24. The summed E-state index contributed by atoms with van der Waals surface area (Å²) in [6.45, 7) is 1.49. The Bertz CT molecular complexity index is 1310. The molecule has 0 spiro atoms. The molecule has 1 fully saturated rings. The van der Waals surface area contributed by atoms with Gasteiger partial charge in [0, 0.05) is 23.0 Å². The average molecular weight is 456 g/mol. The third-order valence-corrected chi connectivity index (χ3v) is 6.23. The van der Waals surface area contributed by atoms with E-state index in [0.717, 1.165) is 21.7 Å². The van der Waals surface area contributed by atoms with Gasteiger partial charge >= 0.3 is 6.09 Å². The lowest BCUT2D eigenvalue weighted by Crippen LogP contribution is -2.23. The highest BCUT2D eigenvalue weighted by Crippen LogP contribution is 2.28. The van der Waals surface area contributed by atoms with E-state index in [9.17, 15) is 9.59 Å². The van der Waals surface area contributed by atoms with Gasteiger partial charge in [0.1, 0.15) is 12.3 Å². The molecule has 33 heavy (non-hydrogen) atoms. The molecule has 0 bridgehead atoms. The fourth-order valence-electron chi connectivity index (χ4n) is 3.73. The number of allylic oxidation sites excluding steroid dienone is 1. The third kappa shape index (κ3) is 4.63. The van der Waals surface area contributed by atoms with Crippen LogP contribution in [-0.2, 0) is 11.3 Å². The van der Waals surface area contributed by atoms with E-state index >= 15 is 0 Å². The van der Waals surface area contributed by atoms with Crippen LogP contribution in [0.1, 0.15) is 21.5 Å². The standard InChI is InChI=1S/C26H21N3O3S/c30-23(20-8-4-9-22(16-20)29-13-14-32-26(29)31)12-11-21-18-28(17-19-6-2-1-3-7-19)27-25(21)24-10-5-15-33-24/h1-12,15-16,18H,13-14,17H2/b12-11+. The normalized spacial score (nSPS) is 13.6. The highest BCUT2D eigenvalue weighted by atomic mass is 32.1. The molecule has 0 N–H and O–H groups in total. The topological polar surface area (TPSA) is 64.4 Å². The lowest BCUT2D eigenvalue weighted by atomic mass is 10.1. The van der Waals surface area contributed by atoms with Crippen molar-refractivity contribution in [2.24, 2.45) is 0 Å². The number of hydrogen-bond acceptors (Lipinski definition) is 5. The maximum atomic E-state index is 12.9. The van der Waals surface area contributed by atoms with Crippen LogP contribution >= 0.6 is 11.3 Å². The lowest BCUT2D eigenvalue weighted by molar-refractivity contribution is 0.104. The number of ketones is 1. The Balaban J connectivity index is 1.40. The number of anilines is 1. The molecular weight excluding hydrogens is 434 g/mol. The van der Waals surface area contributed by atoms with Gasteiger partial charge in [-0.3, -0.25) is 14.4 Å². The fraction of sp³-hybridized carbons (Fsp3) is 0.115. The van der Waals surface area contributed by atoms with E-state index in [1.54, 1.807) is 41.7 Å². The van der Waals surface area contributed by atoms with Crippen LogP contribution in [0.15, 0.2) is 84.4 Å². The Morgan fingerprint density at radius 1 is 1.09 bits per heavy atom. The van der Waals surface area contributed by atoms with Crippen LogP contribution in [0.2, 0.25) is 0 Å². The van der Waals surface area contributed by atoms with E-state index in [0.29, 0.717) is 30.9 Å². The number of hydrogen-bond donors (Lipinski definition) is 0. The molecule has 0 radical (unpaired) electrons. The van der Waals surface area contributed by atoms with Gasteiger partial charge in [0.15, 0.2) is 5.78 Å². The largest absolute Gasteiger partial charge is 0.447 e. The van der Waals surface area contributed by atoms with Crippen molar-refractivity contribution in [3.05, 3.63) is 101 Å². The Labute approximate surface area is 195 Å². The number of nitrogens with zero attached hydrogens (tertiary/aromatic N) is 3. The minimum atomic E-state index is -0.387. The maximum Gasteiger partial charge on any atom is 0.414 e. The molecule has 1 aliphatic heterocycles. The Hall–Kier alpha value is -3.97. The molecule has 0 atom stereocenters. The van der Waals surface area contributed by atoms with Crippen molar-refractivity contribution >= 4 is 35.0 Å². The number of cyclic esters (lactones) is 1. The highest BCUT2D eigenvalue weighted by molar-refractivity contribution is 7.13. The smallest absolute Gasteiger partial charge is 0.414 e. The van der Waals surface area contributed by atoms with Crippen molar-refractivity contribution in [3.63, 3.8) is 0 Å². The molecule has 1 aliphatic rings. The first-order valence-corrected chi connectivity index (χ1v) is 11.5. The minimum absolute atomic E-state index is 0.141. The number of thiophene rings is 1. The van der Waals surface area contributed by atoms with Gasteiger partial charge in [-0.25, -0.2) is 4.79 Å². The zero-order valence-electron chi connectivity index (χ0n) is 17.8. The number of carbonyl (C=O) groups is 2. The molecule has 7 heteroatoms. The van der Waals surface area contributed by atoms with Crippen molar-refractivity contribution < 1.29 is 14.3 Å². The van der Waals surface area contributed by atoms with Crippen LogP contribution in [0.3, 0.4) is 0 Å². The number of rotatable bonds is 7. The van der Waals surface area contributed by atoms with E-state index < -0.39 is 0 Å². The van der Waals surface area contributed by atoms with Gasteiger partial charge in [-0.15, -0.1) is 11.3 Å². The van der Waals surface area contributed by atoms with E-state index in [-0.39, 0.29) is 11.9 Å². The molecular formula is C26H21N3O3S. The van der Waals surface area contributed by atoms with Crippen molar-refractivity contribution in [2.45, 2.75) is 6.54 Å². The molecule has 2 aromatic carbocycles. The minimum Gasteiger partial charge on any atom is -0.447 e. The fourth-order valence-corrected chi connectivity index (χ4v) is 4.46. The summed E-state index contributed by atoms with van der Waals surface area (Å²) in [5, 5.41) is 6.79. The zero-order valence-corrected chi connectivity index (χ0v) is 18.6. The second-order valence-corrected chi connectivity index (χ2v) is 8.56. The second-order valence-electron chi connectivity index (χ2n) is 7.61. The first kappa shape index (κ1) is 20.9. The summed E-state index contributed by atoms with van der Waals surface area (Å²) in [6, 6.07) is 21.2. The van der Waals surface area contributed by atoms with Crippen LogP contribution in [0.5, 0.6) is 0 Å². The molecule has 0 saturated carbocycles. The van der Waals surface area contributed by atoms with Crippen LogP contribution in [0.25, 0.3) is 16.6 Å². The molecule has 0 unspecified atom stereocenters. The van der Waals surface area contributed by atoms with Crippen molar-refractivity contribution in [1.29, 1.82) is 0 Å². The molecule has 1 saturated heterocycles. The summed E-state index contributed by atoms with van der Waals surface area (Å²) in [4.78, 5) is 27.3. The molecule has 4 aromatic rings. The Kier molecular flexibility index (Phi) is 5.87. The summed E-state index contributed by atoms with van der Waals surface area (Å²) in [7, 11) is 0. The average Bonchev–Trinajstić information content (AvgIpc) is 3.59. The van der Waals surface area contributed by atoms with Gasteiger partial charge in [-0.2, -0.15) is 5.10 Å². The van der Waals surface area contributed by atoms with E-state index in [1.165, 1.54) is 4.90 Å². The predicted molar refractivity (Wildman–Crippen MR) is 130 cm³/mol. The van der Waals surface area contributed by atoms with Gasteiger partial charge in [-0.1, -0.05) is 48.5 Å². The molecule has 6 nitrogen and oxygen atoms in total. The van der Waals surface area contributed by atoms with Gasteiger partial charge < -0.3 is 4.74 Å². The second kappa shape index (κ2) is 9.26. The van der Waals surface area contributed by atoms with Gasteiger partial charge in [0.25, 0.3) is 0 Å². The summed E-state index contributed by atoms with van der Waals surface area (Å²) >= 11 is 1.61. The number of carbonyl (C=O) groups excluding carboxylic acids is 2. The number of aromatic nitrogens is 2. The van der Waals surface area contributed by atoms with Crippen LogP contribution < -0.4 is 4.90 Å². The molecule has 0 aliphatic carbocycles. The monoisotopic (exact) mass is 455 g/mol. The molecule has 3 heterocycles. The van der Waals surface area contributed by atoms with Gasteiger partial charge in [0.05, 0.1) is 18.0 Å². The van der Waals surface area contributed by atoms with Crippen LogP contribution in [0.4, 0.5) is 10.5 Å². The number of ether oxygens (including phenoxy) is 1. The summed E-state index contributed by atoms with van der Waals surface area (Å²) in [5.41, 5.74) is 4.05. The van der Waals surface area contributed by atoms with Crippen molar-refractivity contribution in [3.8, 4) is 10.6 Å². The zero-order chi connectivity index (χ0) is 22.6. The van der Waals surface area contributed by atoms with Crippen LogP contribution in [0, 0.1) is 0 Å². The van der Waals surface area contributed by atoms with E-state index in [2.05, 4.69) is 12.1 Å². The van der Waals surface area contributed by atoms with E-state index in [1.807, 2.05) is 52.7 Å². The van der Waals surface area contributed by atoms with E-state index in [4.69, 9.17) is 9.84 Å². The molecule has 1 amide bonds. The van der Waals surface area contributed by atoms with Gasteiger partial charge in [-0.05, 0) is 41.3 Å². The summed E-state index contributed by atoms with van der Waals surface area (Å²) in [6.07, 6.45) is 4.94. The van der Waals surface area contributed by atoms with Crippen LogP contribution in [-0.4, -0.2) is 34.8 Å². The first-order chi connectivity index (χ1) is 16.2. The maximum absolute atomic E-state index is 12.9. The molecule has 164 valence electrons. The Morgan fingerprint density at radius 2 is 1.97 bits per heavy atom. The first-order valence-electron chi connectivity index (χ1n) is 10.6. The summed E-state index contributed by atoms with van der Waals surface area (Å²) in [5.74, 6) is -0.141. The SMILES string of the molecule is O=C(/C=C/c1cn(Cc2ccccc2)nc1-c1cccs1)c1cccc(N2CCOC2=O)c1. The van der Waals surface area contributed by atoms with Crippen molar-refractivity contribution in [1.82, 2.24) is 9.78 Å². The summed E-state index contributed by atoms with van der Waals surface area (Å²) < 4.78 is 6.90. The Morgan fingerprint density at radius 3 is 2.73 bits per heavy atom. The predicted octanol–water partition coefficient (Wildman–Crippen LogP) is 5.51. The lowest BCUT2D eigenvalue weighted by Gasteiger charge is -2.13. The quantitative estimate of drug-likeness (QED) is 0.272.